The summed E-state index contributed by atoms with van der Waals surface area (Å²) in [4.78, 5) is 43.3. The molecule has 0 aliphatic carbocycles. The molecule has 5 rings (SSSR count). The maximum absolute atomic E-state index is 12.2. The number of aromatic nitrogens is 2. The second-order valence-electron chi connectivity index (χ2n) is 9.03. The van der Waals surface area contributed by atoms with E-state index in [9.17, 15) is 14.4 Å². The van der Waals surface area contributed by atoms with Gasteiger partial charge in [0.2, 0.25) is 11.8 Å². The van der Waals surface area contributed by atoms with Gasteiger partial charge in [0.25, 0.3) is 0 Å². The number of imidazole rings is 1. The van der Waals surface area contributed by atoms with Crippen molar-refractivity contribution in [1.82, 2.24) is 20.3 Å². The maximum Gasteiger partial charge on any atom is 0.245 e. The van der Waals surface area contributed by atoms with Crippen LogP contribution in [-0.4, -0.2) is 39.1 Å². The zero-order valence-corrected chi connectivity index (χ0v) is 21.4. The van der Waals surface area contributed by atoms with Gasteiger partial charge in [-0.25, -0.2) is 9.99 Å². The number of imide groups is 1. The van der Waals surface area contributed by atoms with Gasteiger partial charge in [-0.1, -0.05) is 60.3 Å². The Labute approximate surface area is 223 Å². The Hall–Kier alpha value is -3.99. The van der Waals surface area contributed by atoms with E-state index in [2.05, 4.69) is 27.4 Å². The molecule has 2 amide bonds. The van der Waals surface area contributed by atoms with E-state index in [0.29, 0.717) is 29.9 Å². The first-order valence-electron chi connectivity index (χ1n) is 12.2. The van der Waals surface area contributed by atoms with Crippen molar-refractivity contribution in [3.8, 4) is 5.75 Å². The van der Waals surface area contributed by atoms with E-state index in [4.69, 9.17) is 10.6 Å². The van der Waals surface area contributed by atoms with Gasteiger partial charge < -0.3 is 9.72 Å². The number of piperidine rings is 1. The second-order valence-corrected chi connectivity index (χ2v) is 10.00. The number of benzene rings is 3. The minimum Gasteiger partial charge on any atom is -0.489 e. The third kappa shape index (κ3) is 5.94. The van der Waals surface area contributed by atoms with Crippen molar-refractivity contribution in [2.45, 2.75) is 42.9 Å². The molecule has 2 heterocycles. The van der Waals surface area contributed by atoms with Crippen LogP contribution in [-0.2, 0) is 28.5 Å². The van der Waals surface area contributed by atoms with Crippen molar-refractivity contribution < 1.29 is 19.1 Å². The van der Waals surface area contributed by atoms with Gasteiger partial charge in [0.1, 0.15) is 18.4 Å². The SMILES string of the molecule is NN(Cc1c(C=O)cccc1OCc1ccc(CSc2nc3ccccc3[nH]2)cc1)C1CCC(=O)NC1=O. The molecule has 0 bridgehead atoms. The molecule has 0 spiro atoms. The van der Waals surface area contributed by atoms with Gasteiger partial charge in [0, 0.05) is 29.8 Å². The predicted octanol–water partition coefficient (Wildman–Crippen LogP) is 3.73. The number of nitrogens with two attached hydrogens (primary N) is 1. The molecule has 1 aliphatic rings. The highest BCUT2D eigenvalue weighted by atomic mass is 32.2. The monoisotopic (exact) mass is 529 g/mol. The maximum atomic E-state index is 12.2. The van der Waals surface area contributed by atoms with Crippen LogP contribution in [0.5, 0.6) is 5.75 Å². The molecule has 0 radical (unpaired) electrons. The van der Waals surface area contributed by atoms with Crippen LogP contribution >= 0.6 is 11.8 Å². The summed E-state index contributed by atoms with van der Waals surface area (Å²) in [6, 6.07) is 20.6. The van der Waals surface area contributed by atoms with Crippen LogP contribution in [0.15, 0.2) is 71.9 Å². The van der Waals surface area contributed by atoms with Crippen LogP contribution in [0.1, 0.15) is 39.9 Å². The first kappa shape index (κ1) is 25.7. The predicted molar refractivity (Wildman–Crippen MR) is 144 cm³/mol. The molecule has 4 N–H and O–H groups in total. The van der Waals surface area contributed by atoms with Crippen LogP contribution in [0.25, 0.3) is 11.0 Å². The number of ether oxygens (including phenoxy) is 1. The third-order valence-corrected chi connectivity index (χ3v) is 7.35. The summed E-state index contributed by atoms with van der Waals surface area (Å²) >= 11 is 1.64. The highest BCUT2D eigenvalue weighted by molar-refractivity contribution is 7.98. The van der Waals surface area contributed by atoms with E-state index < -0.39 is 11.9 Å². The number of nitrogens with one attached hydrogen (secondary N) is 2. The summed E-state index contributed by atoms with van der Waals surface area (Å²) in [7, 11) is 0. The molecule has 1 fully saturated rings. The quantitative estimate of drug-likeness (QED) is 0.0932. The van der Waals surface area contributed by atoms with E-state index >= 15 is 0 Å². The van der Waals surface area contributed by atoms with Crippen molar-refractivity contribution in [2.75, 3.05) is 0 Å². The second kappa shape index (κ2) is 11.6. The molecule has 0 saturated carbocycles. The minimum absolute atomic E-state index is 0.120. The van der Waals surface area contributed by atoms with Gasteiger partial charge >= 0.3 is 0 Å². The molecule has 1 unspecified atom stereocenters. The first-order chi connectivity index (χ1) is 18.5. The van der Waals surface area contributed by atoms with Gasteiger partial charge in [-0.15, -0.1) is 0 Å². The van der Waals surface area contributed by atoms with Crippen molar-refractivity contribution in [3.05, 3.63) is 89.0 Å². The van der Waals surface area contributed by atoms with Crippen molar-refractivity contribution in [2.24, 2.45) is 5.84 Å². The number of para-hydroxylation sites is 2. The van der Waals surface area contributed by atoms with Crippen molar-refractivity contribution >= 4 is 40.9 Å². The topological polar surface area (TPSA) is 130 Å². The molecule has 10 heteroatoms. The van der Waals surface area contributed by atoms with E-state index in [1.165, 1.54) is 5.01 Å². The molecule has 194 valence electrons. The number of thioether (sulfide) groups is 1. The number of nitrogens with zero attached hydrogens (tertiary/aromatic N) is 2. The average molecular weight is 530 g/mol. The Morgan fingerprint density at radius 1 is 1.05 bits per heavy atom. The normalized spacial score (nSPS) is 15.6. The lowest BCUT2D eigenvalue weighted by atomic mass is 10.0. The largest absolute Gasteiger partial charge is 0.489 e. The Balaban J connectivity index is 1.21. The zero-order chi connectivity index (χ0) is 26.5. The van der Waals surface area contributed by atoms with E-state index in [0.717, 1.165) is 39.4 Å². The summed E-state index contributed by atoms with van der Waals surface area (Å²) in [5.74, 6) is 6.75. The van der Waals surface area contributed by atoms with Crippen LogP contribution in [0.2, 0.25) is 0 Å². The summed E-state index contributed by atoms with van der Waals surface area (Å²) in [5.41, 5.74) is 5.13. The van der Waals surface area contributed by atoms with Gasteiger partial charge in [0.05, 0.1) is 11.0 Å². The Kier molecular flexibility index (Phi) is 7.83. The molecule has 38 heavy (non-hydrogen) atoms. The Morgan fingerprint density at radius 3 is 2.61 bits per heavy atom. The number of hydrogen-bond donors (Lipinski definition) is 3. The fourth-order valence-electron chi connectivity index (χ4n) is 4.33. The number of carbonyl (C=O) groups excluding carboxylic acids is 3. The van der Waals surface area contributed by atoms with Gasteiger partial charge in [0.15, 0.2) is 11.4 Å². The Morgan fingerprint density at radius 2 is 1.84 bits per heavy atom. The average Bonchev–Trinajstić information content (AvgIpc) is 3.35. The van der Waals surface area contributed by atoms with Crippen molar-refractivity contribution in [1.29, 1.82) is 0 Å². The van der Waals surface area contributed by atoms with Crippen LogP contribution in [0, 0.1) is 0 Å². The number of aldehydes is 1. The van der Waals surface area contributed by atoms with Gasteiger partial charge in [-0.2, -0.15) is 0 Å². The fourth-order valence-corrected chi connectivity index (χ4v) is 5.17. The summed E-state index contributed by atoms with van der Waals surface area (Å²) in [6.45, 7) is 0.420. The standard InChI is InChI=1S/C28H27N5O4S/c29-33(24-12-13-26(35)32-27(24)36)14-21-20(15-34)4-3-7-25(21)37-16-18-8-10-19(11-9-18)17-38-28-30-22-5-1-2-6-23(22)31-28/h1-11,15,24H,12-14,16-17,29H2,(H,30,31)(H,32,35,36). The smallest absolute Gasteiger partial charge is 0.245 e. The number of amides is 2. The lowest BCUT2D eigenvalue weighted by molar-refractivity contribution is -0.137. The lowest BCUT2D eigenvalue weighted by Gasteiger charge is -2.29. The van der Waals surface area contributed by atoms with E-state index in [1.807, 2.05) is 36.4 Å². The van der Waals surface area contributed by atoms with E-state index in [-0.39, 0.29) is 18.9 Å². The number of hydrazine groups is 1. The summed E-state index contributed by atoms with van der Waals surface area (Å²) in [5, 5.41) is 4.54. The number of rotatable bonds is 10. The van der Waals surface area contributed by atoms with E-state index in [1.54, 1.807) is 30.0 Å². The molecule has 1 saturated heterocycles. The Bertz CT molecular complexity index is 1440. The molecule has 1 aromatic heterocycles. The molecular weight excluding hydrogens is 502 g/mol. The molecule has 1 atom stereocenters. The van der Waals surface area contributed by atoms with Crippen molar-refractivity contribution in [3.63, 3.8) is 0 Å². The number of carbonyl (C=O) groups is 3. The van der Waals surface area contributed by atoms with Crippen LogP contribution in [0.3, 0.4) is 0 Å². The summed E-state index contributed by atoms with van der Waals surface area (Å²) in [6.07, 6.45) is 1.28. The number of fused-ring (bicyclic) bond motifs is 1. The molecule has 3 aromatic carbocycles. The lowest BCUT2D eigenvalue weighted by Crippen LogP contribution is -2.54. The first-order valence-corrected chi connectivity index (χ1v) is 13.2. The van der Waals surface area contributed by atoms with Gasteiger partial charge in [-0.05, 0) is 35.7 Å². The number of hydrogen-bond acceptors (Lipinski definition) is 8. The number of H-pyrrole nitrogens is 1. The minimum atomic E-state index is -0.662. The molecular formula is C28H27N5O4S. The van der Waals surface area contributed by atoms with Crippen LogP contribution in [0.4, 0.5) is 0 Å². The molecule has 9 nitrogen and oxygen atoms in total. The third-order valence-electron chi connectivity index (χ3n) is 6.41. The van der Waals surface area contributed by atoms with Gasteiger partial charge in [-0.3, -0.25) is 25.5 Å². The highest BCUT2D eigenvalue weighted by Gasteiger charge is 2.31. The molecule has 1 aliphatic heterocycles. The zero-order valence-electron chi connectivity index (χ0n) is 20.6. The highest BCUT2D eigenvalue weighted by Crippen LogP contribution is 2.26. The number of aromatic amines is 1. The fraction of sp³-hybridized carbons (Fsp3) is 0.214. The molecule has 4 aromatic rings. The van der Waals surface area contributed by atoms with Crippen LogP contribution < -0.4 is 15.9 Å². The summed E-state index contributed by atoms with van der Waals surface area (Å²) < 4.78 is 6.08.